The van der Waals surface area contributed by atoms with Gasteiger partial charge in [-0.1, -0.05) is 26.0 Å². The largest absolute Gasteiger partial charge is 0.462 e. The molecule has 1 aromatic heterocycles. The van der Waals surface area contributed by atoms with E-state index in [1.807, 2.05) is 20.8 Å². The van der Waals surface area contributed by atoms with E-state index in [1.54, 1.807) is 28.9 Å². The third-order valence-corrected chi connectivity index (χ3v) is 3.18. The molecule has 0 aliphatic carbocycles. The molecule has 0 fully saturated rings. The highest BCUT2D eigenvalue weighted by Gasteiger charge is 2.17. The second kappa shape index (κ2) is 6.98. The quantitative estimate of drug-likeness (QED) is 0.606. The van der Waals surface area contributed by atoms with Crippen LogP contribution >= 0.6 is 0 Å². The lowest BCUT2D eigenvalue weighted by Crippen LogP contribution is -2.08. The maximum absolute atomic E-state index is 11.8. The highest BCUT2D eigenvalue weighted by Crippen LogP contribution is 2.20. The summed E-state index contributed by atoms with van der Waals surface area (Å²) in [6, 6.07) is 6.88. The summed E-state index contributed by atoms with van der Waals surface area (Å²) in [6.45, 7) is 6.29. The van der Waals surface area contributed by atoms with E-state index < -0.39 is 0 Å². The van der Waals surface area contributed by atoms with Gasteiger partial charge in [0.1, 0.15) is 5.69 Å². The summed E-state index contributed by atoms with van der Waals surface area (Å²) in [4.78, 5) is 22.8. The molecule has 0 aliphatic heterocycles. The van der Waals surface area contributed by atoms with Crippen LogP contribution in [0.4, 0.5) is 0 Å². The Morgan fingerprint density at radius 1 is 1.32 bits per heavy atom. The van der Waals surface area contributed by atoms with E-state index in [-0.39, 0.29) is 11.9 Å². The lowest BCUT2D eigenvalue weighted by atomic mass is 10.1. The van der Waals surface area contributed by atoms with Gasteiger partial charge in [0.25, 0.3) is 0 Å². The summed E-state index contributed by atoms with van der Waals surface area (Å²) in [5.74, 6) is -0.242. The Morgan fingerprint density at radius 2 is 2.00 bits per heavy atom. The fourth-order valence-electron chi connectivity index (χ4n) is 2.13. The number of carbonyl (C=O) groups excluding carboxylic acids is 2. The van der Waals surface area contributed by atoms with Crippen molar-refractivity contribution in [2.24, 2.45) is 0 Å². The van der Waals surface area contributed by atoms with Crippen LogP contribution in [0.2, 0.25) is 0 Å². The van der Waals surface area contributed by atoms with Gasteiger partial charge in [0.2, 0.25) is 0 Å². The van der Waals surface area contributed by atoms with E-state index in [1.165, 1.54) is 0 Å². The number of aldehydes is 1. The summed E-state index contributed by atoms with van der Waals surface area (Å²) < 4.78 is 6.71. The zero-order chi connectivity index (χ0) is 16.1. The molecule has 2 rings (SSSR count). The molecule has 0 spiro atoms. The van der Waals surface area contributed by atoms with Crippen LogP contribution < -0.4 is 0 Å². The Kier molecular flexibility index (Phi) is 5.04. The molecule has 116 valence electrons. The lowest BCUT2D eigenvalue weighted by molar-refractivity contribution is 0.0505. The molecule has 0 atom stereocenters. The number of hydrogen-bond acceptors (Lipinski definition) is 5. The molecule has 22 heavy (non-hydrogen) atoms. The van der Waals surface area contributed by atoms with Gasteiger partial charge in [-0.25, -0.2) is 9.48 Å². The molecule has 0 saturated carbocycles. The lowest BCUT2D eigenvalue weighted by Gasteiger charge is -2.10. The van der Waals surface area contributed by atoms with Crippen LogP contribution in [0.25, 0.3) is 5.69 Å². The molecule has 1 heterocycles. The minimum absolute atomic E-state index is 0.101. The Hall–Kier alpha value is -2.50. The first-order valence-electron chi connectivity index (χ1n) is 7.26. The van der Waals surface area contributed by atoms with Gasteiger partial charge in [0, 0.05) is 0 Å². The SMILES string of the molecule is CCCOC(=O)c1ccc(-n2nnc(C=O)c2C(C)C)cc1. The van der Waals surface area contributed by atoms with Crippen LogP contribution in [0.3, 0.4) is 0 Å². The predicted octanol–water partition coefficient (Wildman–Crippen LogP) is 2.77. The average Bonchev–Trinajstić information content (AvgIpc) is 2.97. The highest BCUT2D eigenvalue weighted by molar-refractivity contribution is 5.89. The van der Waals surface area contributed by atoms with Crippen LogP contribution in [-0.4, -0.2) is 33.9 Å². The first kappa shape index (κ1) is 15.9. The molecule has 6 nitrogen and oxygen atoms in total. The summed E-state index contributed by atoms with van der Waals surface area (Å²) in [5, 5.41) is 7.91. The molecule has 0 aliphatic rings. The van der Waals surface area contributed by atoms with Gasteiger partial charge < -0.3 is 4.74 Å². The first-order chi connectivity index (χ1) is 10.6. The second-order valence-corrected chi connectivity index (χ2v) is 5.23. The normalized spacial score (nSPS) is 10.7. The molecule has 6 heteroatoms. The van der Waals surface area contributed by atoms with Gasteiger partial charge >= 0.3 is 5.97 Å². The zero-order valence-corrected chi connectivity index (χ0v) is 12.9. The molecular weight excluding hydrogens is 282 g/mol. The average molecular weight is 301 g/mol. The van der Waals surface area contributed by atoms with Crippen molar-refractivity contribution in [3.8, 4) is 5.69 Å². The second-order valence-electron chi connectivity index (χ2n) is 5.23. The van der Waals surface area contributed by atoms with Gasteiger partial charge in [-0.05, 0) is 36.6 Å². The Labute approximate surface area is 129 Å². The maximum Gasteiger partial charge on any atom is 0.338 e. The molecule has 1 aromatic carbocycles. The molecule has 0 saturated heterocycles. The van der Waals surface area contributed by atoms with E-state index in [0.717, 1.165) is 17.8 Å². The van der Waals surface area contributed by atoms with Crippen LogP contribution in [-0.2, 0) is 4.74 Å². The number of ether oxygens (including phenoxy) is 1. The van der Waals surface area contributed by atoms with Gasteiger partial charge in [-0.3, -0.25) is 4.79 Å². The van der Waals surface area contributed by atoms with Gasteiger partial charge in [-0.15, -0.1) is 5.10 Å². The molecule has 2 aromatic rings. The highest BCUT2D eigenvalue weighted by atomic mass is 16.5. The molecule has 0 bridgehead atoms. The van der Waals surface area contributed by atoms with Crippen LogP contribution in [0.5, 0.6) is 0 Å². The van der Waals surface area contributed by atoms with E-state index in [2.05, 4.69) is 10.3 Å². The molecule has 0 N–H and O–H groups in total. The van der Waals surface area contributed by atoms with Crippen molar-refractivity contribution < 1.29 is 14.3 Å². The summed E-state index contributed by atoms with van der Waals surface area (Å²) in [5.41, 5.74) is 2.31. The van der Waals surface area contributed by atoms with Gasteiger partial charge in [-0.2, -0.15) is 0 Å². The summed E-state index contributed by atoms with van der Waals surface area (Å²) in [7, 11) is 0. The fraction of sp³-hybridized carbons (Fsp3) is 0.375. The fourth-order valence-corrected chi connectivity index (χ4v) is 2.13. The Balaban J connectivity index is 2.29. The van der Waals surface area contributed by atoms with Crippen LogP contribution in [0, 0.1) is 0 Å². The van der Waals surface area contributed by atoms with E-state index in [4.69, 9.17) is 4.74 Å². The number of carbonyl (C=O) groups is 2. The van der Waals surface area contributed by atoms with E-state index in [9.17, 15) is 9.59 Å². The van der Waals surface area contributed by atoms with Gasteiger partial charge in [0.05, 0.1) is 23.6 Å². The van der Waals surface area contributed by atoms with Gasteiger partial charge in [0.15, 0.2) is 6.29 Å². The van der Waals surface area contributed by atoms with Crippen molar-refractivity contribution in [1.29, 1.82) is 0 Å². The zero-order valence-electron chi connectivity index (χ0n) is 12.9. The van der Waals surface area contributed by atoms with E-state index in [0.29, 0.717) is 24.2 Å². The number of esters is 1. The van der Waals surface area contributed by atoms with Crippen molar-refractivity contribution in [2.45, 2.75) is 33.1 Å². The third kappa shape index (κ3) is 3.21. The minimum Gasteiger partial charge on any atom is -0.462 e. The van der Waals surface area contributed by atoms with Crippen molar-refractivity contribution in [2.75, 3.05) is 6.61 Å². The smallest absolute Gasteiger partial charge is 0.338 e. The minimum atomic E-state index is -0.343. The summed E-state index contributed by atoms with van der Waals surface area (Å²) in [6.07, 6.45) is 1.49. The molecule has 0 radical (unpaired) electrons. The standard InChI is InChI=1S/C16H19N3O3/c1-4-9-22-16(21)12-5-7-13(8-6-12)19-15(11(2)3)14(10-20)17-18-19/h5-8,10-11H,4,9H2,1-3H3. The van der Waals surface area contributed by atoms with E-state index >= 15 is 0 Å². The maximum atomic E-state index is 11.8. The number of aromatic nitrogens is 3. The Bertz CT molecular complexity index is 660. The number of nitrogens with zero attached hydrogens (tertiary/aromatic N) is 3. The van der Waals surface area contributed by atoms with Crippen molar-refractivity contribution in [3.05, 3.63) is 41.2 Å². The van der Waals surface area contributed by atoms with Crippen molar-refractivity contribution in [1.82, 2.24) is 15.0 Å². The predicted molar refractivity (Wildman–Crippen MR) is 81.4 cm³/mol. The molecule has 0 amide bonds. The number of benzene rings is 1. The molecule has 0 unspecified atom stereocenters. The third-order valence-electron chi connectivity index (χ3n) is 3.18. The first-order valence-corrected chi connectivity index (χ1v) is 7.26. The van der Waals surface area contributed by atoms with Crippen LogP contribution in [0.15, 0.2) is 24.3 Å². The monoisotopic (exact) mass is 301 g/mol. The molecular formula is C16H19N3O3. The topological polar surface area (TPSA) is 74.1 Å². The van der Waals surface area contributed by atoms with Crippen molar-refractivity contribution >= 4 is 12.3 Å². The van der Waals surface area contributed by atoms with Crippen LogP contribution in [0.1, 0.15) is 59.7 Å². The number of hydrogen-bond donors (Lipinski definition) is 0. The summed E-state index contributed by atoms with van der Waals surface area (Å²) >= 11 is 0. The van der Waals surface area contributed by atoms with Crippen molar-refractivity contribution in [3.63, 3.8) is 0 Å². The Morgan fingerprint density at radius 3 is 2.55 bits per heavy atom. The number of rotatable bonds is 6.